The van der Waals surface area contributed by atoms with Crippen LogP contribution in [0.3, 0.4) is 0 Å². The van der Waals surface area contributed by atoms with Crippen LogP contribution < -0.4 is 5.32 Å². The van der Waals surface area contributed by atoms with Gasteiger partial charge in [0.25, 0.3) is 5.91 Å². The summed E-state index contributed by atoms with van der Waals surface area (Å²) in [5.74, 6) is -0.219. The van der Waals surface area contributed by atoms with Gasteiger partial charge in [0.1, 0.15) is 0 Å². The number of para-hydroxylation sites is 1. The summed E-state index contributed by atoms with van der Waals surface area (Å²) in [5, 5.41) is 14.1. The third-order valence-corrected chi connectivity index (χ3v) is 5.12. The molecule has 1 amide bonds. The van der Waals surface area contributed by atoms with E-state index in [4.69, 9.17) is 5.26 Å². The summed E-state index contributed by atoms with van der Waals surface area (Å²) in [6.45, 7) is 0. The average Bonchev–Trinajstić information content (AvgIpc) is 3.18. The molecule has 0 bridgehead atoms. The number of aromatic amines is 1. The Kier molecular flexibility index (Phi) is 4.23. The monoisotopic (exact) mass is 388 g/mol. The molecule has 2 N–H and O–H groups in total. The molecule has 5 aromatic rings. The van der Waals surface area contributed by atoms with E-state index in [0.717, 1.165) is 27.7 Å². The summed E-state index contributed by atoms with van der Waals surface area (Å²) in [6.07, 6.45) is 1.82. The van der Waals surface area contributed by atoms with E-state index in [1.54, 1.807) is 24.3 Å². The highest BCUT2D eigenvalue weighted by atomic mass is 16.1. The van der Waals surface area contributed by atoms with Gasteiger partial charge in [0.2, 0.25) is 0 Å². The third kappa shape index (κ3) is 3.07. The second-order valence-electron chi connectivity index (χ2n) is 6.97. The van der Waals surface area contributed by atoms with Crippen molar-refractivity contribution < 1.29 is 4.79 Å². The summed E-state index contributed by atoms with van der Waals surface area (Å²) >= 11 is 0. The number of carbonyl (C=O) groups is 1. The molecule has 0 aliphatic carbocycles. The number of rotatable bonds is 3. The Labute approximate surface area is 172 Å². The molecule has 0 atom stereocenters. The Bertz CT molecular complexity index is 1420. The zero-order valence-electron chi connectivity index (χ0n) is 15.9. The molecule has 0 radical (unpaired) electrons. The molecule has 2 heterocycles. The predicted octanol–water partition coefficient (Wildman–Crippen LogP) is 5.51. The zero-order valence-corrected chi connectivity index (χ0v) is 15.9. The molecule has 3 aromatic carbocycles. The first kappa shape index (κ1) is 17.7. The van der Waals surface area contributed by atoms with Crippen molar-refractivity contribution in [3.05, 3.63) is 96.2 Å². The lowest BCUT2D eigenvalue weighted by atomic mass is 10.1. The maximum Gasteiger partial charge on any atom is 0.255 e. The largest absolute Gasteiger partial charge is 0.353 e. The molecule has 5 heteroatoms. The van der Waals surface area contributed by atoms with Crippen molar-refractivity contribution in [3.8, 4) is 17.3 Å². The molecule has 0 aliphatic rings. The van der Waals surface area contributed by atoms with Crippen LogP contribution in [0.15, 0.2) is 85.1 Å². The lowest BCUT2D eigenvalue weighted by Crippen LogP contribution is -2.11. The van der Waals surface area contributed by atoms with Gasteiger partial charge in [-0.3, -0.25) is 9.78 Å². The van der Waals surface area contributed by atoms with E-state index in [9.17, 15) is 4.79 Å². The fraction of sp³-hybridized carbons (Fsp3) is 0. The molecule has 0 saturated carbocycles. The standard InChI is InChI=1S/C25H16N4O/c26-15-16-5-7-18(8-6-16)25(30)28-19-11-9-17(10-12-19)23-24-21(13-14-27-23)20-3-1-2-4-22(20)29-24/h1-14,29H,(H,28,30). The van der Waals surface area contributed by atoms with Gasteiger partial charge >= 0.3 is 0 Å². The number of nitrogens with zero attached hydrogens (tertiary/aromatic N) is 2. The normalized spacial score (nSPS) is 10.8. The highest BCUT2D eigenvalue weighted by Crippen LogP contribution is 2.31. The van der Waals surface area contributed by atoms with Crippen molar-refractivity contribution in [1.29, 1.82) is 5.26 Å². The van der Waals surface area contributed by atoms with Gasteiger partial charge in [0, 0.05) is 39.3 Å². The number of nitriles is 1. The van der Waals surface area contributed by atoms with Crippen LogP contribution in [0.2, 0.25) is 0 Å². The van der Waals surface area contributed by atoms with E-state index in [-0.39, 0.29) is 5.91 Å². The number of H-pyrrole nitrogens is 1. The smallest absolute Gasteiger partial charge is 0.255 e. The number of hydrogen-bond acceptors (Lipinski definition) is 3. The van der Waals surface area contributed by atoms with Crippen LogP contribution in [-0.2, 0) is 0 Å². The van der Waals surface area contributed by atoms with Crippen LogP contribution in [0.25, 0.3) is 33.1 Å². The lowest BCUT2D eigenvalue weighted by molar-refractivity contribution is 0.102. The maximum atomic E-state index is 12.4. The Balaban J connectivity index is 1.44. The van der Waals surface area contributed by atoms with Crippen molar-refractivity contribution in [2.45, 2.75) is 0 Å². The minimum absolute atomic E-state index is 0.219. The van der Waals surface area contributed by atoms with Crippen LogP contribution in [0.5, 0.6) is 0 Å². The predicted molar refractivity (Wildman–Crippen MR) is 118 cm³/mol. The number of aromatic nitrogens is 2. The van der Waals surface area contributed by atoms with Gasteiger partial charge in [-0.25, -0.2) is 0 Å². The number of hydrogen-bond donors (Lipinski definition) is 2. The molecule has 30 heavy (non-hydrogen) atoms. The minimum Gasteiger partial charge on any atom is -0.353 e. The lowest BCUT2D eigenvalue weighted by Gasteiger charge is -2.07. The Morgan fingerprint density at radius 3 is 2.43 bits per heavy atom. The van der Waals surface area contributed by atoms with Crippen molar-refractivity contribution in [3.63, 3.8) is 0 Å². The fourth-order valence-corrected chi connectivity index (χ4v) is 3.60. The molecule has 0 saturated heterocycles. The summed E-state index contributed by atoms with van der Waals surface area (Å²) in [4.78, 5) is 20.5. The van der Waals surface area contributed by atoms with Crippen LogP contribution >= 0.6 is 0 Å². The number of fused-ring (bicyclic) bond motifs is 3. The topological polar surface area (TPSA) is 81.6 Å². The van der Waals surface area contributed by atoms with Gasteiger partial charge in [-0.15, -0.1) is 0 Å². The van der Waals surface area contributed by atoms with Crippen LogP contribution in [0.4, 0.5) is 5.69 Å². The van der Waals surface area contributed by atoms with E-state index >= 15 is 0 Å². The average molecular weight is 388 g/mol. The van der Waals surface area contributed by atoms with Crippen molar-refractivity contribution >= 4 is 33.4 Å². The minimum atomic E-state index is -0.219. The first-order valence-corrected chi connectivity index (χ1v) is 9.50. The van der Waals surface area contributed by atoms with E-state index in [2.05, 4.69) is 27.4 Å². The third-order valence-electron chi connectivity index (χ3n) is 5.12. The molecule has 5 rings (SSSR count). The SMILES string of the molecule is N#Cc1ccc(C(=O)Nc2ccc(-c3nccc4c3[nH]c3ccccc34)cc2)cc1. The number of pyridine rings is 1. The first-order chi connectivity index (χ1) is 14.7. The van der Waals surface area contributed by atoms with Gasteiger partial charge in [-0.05, 0) is 48.5 Å². The summed E-state index contributed by atoms with van der Waals surface area (Å²) in [7, 11) is 0. The number of anilines is 1. The van der Waals surface area contributed by atoms with Crippen LogP contribution in [-0.4, -0.2) is 15.9 Å². The van der Waals surface area contributed by atoms with E-state index < -0.39 is 0 Å². The molecular formula is C25H16N4O. The molecule has 2 aromatic heterocycles. The Morgan fingerprint density at radius 2 is 1.67 bits per heavy atom. The molecule has 0 unspecified atom stereocenters. The molecule has 0 fully saturated rings. The first-order valence-electron chi connectivity index (χ1n) is 9.50. The summed E-state index contributed by atoms with van der Waals surface area (Å²) < 4.78 is 0. The molecule has 0 spiro atoms. The molecular weight excluding hydrogens is 372 g/mol. The van der Waals surface area contributed by atoms with Gasteiger partial charge in [-0.1, -0.05) is 30.3 Å². The highest BCUT2D eigenvalue weighted by molar-refractivity contribution is 6.11. The van der Waals surface area contributed by atoms with E-state index in [1.807, 2.05) is 54.7 Å². The quantitative estimate of drug-likeness (QED) is 0.428. The van der Waals surface area contributed by atoms with Gasteiger partial charge in [0.05, 0.1) is 22.8 Å². The highest BCUT2D eigenvalue weighted by Gasteiger charge is 2.11. The van der Waals surface area contributed by atoms with E-state index in [0.29, 0.717) is 16.8 Å². The fourth-order valence-electron chi connectivity index (χ4n) is 3.60. The van der Waals surface area contributed by atoms with Gasteiger partial charge < -0.3 is 10.3 Å². The Morgan fingerprint density at radius 1 is 0.900 bits per heavy atom. The van der Waals surface area contributed by atoms with Gasteiger partial charge in [-0.2, -0.15) is 5.26 Å². The van der Waals surface area contributed by atoms with Crippen molar-refractivity contribution in [2.24, 2.45) is 0 Å². The molecule has 5 nitrogen and oxygen atoms in total. The Hall–Kier alpha value is -4.43. The second kappa shape index (κ2) is 7.19. The second-order valence-corrected chi connectivity index (χ2v) is 6.97. The van der Waals surface area contributed by atoms with E-state index in [1.165, 1.54) is 5.39 Å². The zero-order chi connectivity index (χ0) is 20.5. The molecule has 0 aliphatic heterocycles. The summed E-state index contributed by atoms with van der Waals surface area (Å²) in [6, 6.07) is 26.4. The van der Waals surface area contributed by atoms with Crippen molar-refractivity contribution in [2.75, 3.05) is 5.32 Å². The molecule has 142 valence electrons. The van der Waals surface area contributed by atoms with Gasteiger partial charge in [0.15, 0.2) is 0 Å². The van der Waals surface area contributed by atoms with Crippen LogP contribution in [0.1, 0.15) is 15.9 Å². The number of carbonyl (C=O) groups excluding carboxylic acids is 1. The number of benzene rings is 3. The van der Waals surface area contributed by atoms with Crippen LogP contribution in [0, 0.1) is 11.3 Å². The maximum absolute atomic E-state index is 12.4. The number of nitrogens with one attached hydrogen (secondary N) is 2. The number of amides is 1. The summed E-state index contributed by atoms with van der Waals surface area (Å²) in [5.41, 5.74) is 5.62. The van der Waals surface area contributed by atoms with Crippen molar-refractivity contribution in [1.82, 2.24) is 9.97 Å².